The monoisotopic (exact) mass is 575 g/mol. The second-order valence-corrected chi connectivity index (χ2v) is 12.4. The van der Waals surface area contributed by atoms with Gasteiger partial charge in [0.1, 0.15) is 11.4 Å². The highest BCUT2D eigenvalue weighted by atomic mass is 32.1. The minimum absolute atomic E-state index is 0.0595. The highest BCUT2D eigenvalue weighted by Crippen LogP contribution is 2.30. The van der Waals surface area contributed by atoms with E-state index >= 15 is 0 Å². The summed E-state index contributed by atoms with van der Waals surface area (Å²) >= 11 is 1.33. The van der Waals surface area contributed by atoms with Gasteiger partial charge in [-0.15, -0.1) is 5.10 Å². The fraction of sp³-hybridized carbons (Fsp3) is 0.235. The third-order valence-electron chi connectivity index (χ3n) is 7.17. The van der Waals surface area contributed by atoms with Gasteiger partial charge in [0.2, 0.25) is 4.96 Å². The predicted molar refractivity (Wildman–Crippen MR) is 170 cm³/mol. The molecule has 0 N–H and O–H groups in total. The van der Waals surface area contributed by atoms with Gasteiger partial charge < -0.3 is 4.74 Å². The number of rotatable bonds is 7. The van der Waals surface area contributed by atoms with Gasteiger partial charge in [0.25, 0.3) is 5.56 Å². The number of nitrogens with zero attached hydrogens (tertiary/aromatic N) is 5. The minimum atomic E-state index is -0.196. The number of hydrogen-bond donors (Lipinski definition) is 0. The zero-order valence-electron chi connectivity index (χ0n) is 24.5. The van der Waals surface area contributed by atoms with Crippen molar-refractivity contribution in [2.75, 3.05) is 6.61 Å². The van der Waals surface area contributed by atoms with E-state index in [9.17, 15) is 4.79 Å². The molecule has 0 amide bonds. The normalized spacial score (nSPS) is 12.4. The number of fused-ring (bicyclic) bond motifs is 1. The molecule has 0 atom stereocenters. The summed E-state index contributed by atoms with van der Waals surface area (Å²) < 4.78 is 9.64. The second-order valence-electron chi connectivity index (χ2n) is 11.4. The van der Waals surface area contributed by atoms with Crippen molar-refractivity contribution in [1.29, 1.82) is 0 Å². The van der Waals surface area contributed by atoms with E-state index in [-0.39, 0.29) is 11.0 Å². The molecule has 0 aliphatic carbocycles. The van der Waals surface area contributed by atoms with Crippen LogP contribution in [0.5, 0.6) is 5.75 Å². The fourth-order valence-corrected chi connectivity index (χ4v) is 5.74. The van der Waals surface area contributed by atoms with Crippen LogP contribution in [0.1, 0.15) is 50.8 Å². The molecule has 212 valence electrons. The quantitative estimate of drug-likeness (QED) is 0.214. The van der Waals surface area contributed by atoms with Crippen LogP contribution in [-0.4, -0.2) is 31.0 Å². The number of aryl methyl sites for hydroxylation is 1. The Morgan fingerprint density at radius 3 is 2.40 bits per heavy atom. The Bertz CT molecular complexity index is 1980. The van der Waals surface area contributed by atoms with Gasteiger partial charge in [-0.05, 0) is 66.3 Å². The van der Waals surface area contributed by atoms with Crippen LogP contribution >= 0.6 is 11.3 Å². The van der Waals surface area contributed by atoms with Gasteiger partial charge in [0.15, 0.2) is 5.82 Å². The molecule has 0 unspecified atom stereocenters. The first-order valence-electron chi connectivity index (χ1n) is 14.1. The first kappa shape index (κ1) is 27.6. The lowest BCUT2D eigenvalue weighted by Gasteiger charge is -2.18. The van der Waals surface area contributed by atoms with E-state index in [0.717, 1.165) is 45.8 Å². The van der Waals surface area contributed by atoms with E-state index in [1.165, 1.54) is 21.4 Å². The Morgan fingerprint density at radius 2 is 1.74 bits per heavy atom. The number of para-hydroxylation sites is 1. The summed E-state index contributed by atoms with van der Waals surface area (Å²) in [6.45, 7) is 11.4. The largest absolute Gasteiger partial charge is 0.494 e. The van der Waals surface area contributed by atoms with E-state index in [4.69, 9.17) is 14.8 Å². The van der Waals surface area contributed by atoms with E-state index in [1.54, 1.807) is 0 Å². The Morgan fingerprint density at radius 1 is 0.976 bits per heavy atom. The van der Waals surface area contributed by atoms with Crippen LogP contribution < -0.4 is 14.8 Å². The van der Waals surface area contributed by atoms with Crippen molar-refractivity contribution >= 4 is 22.4 Å². The first-order chi connectivity index (χ1) is 20.2. The lowest BCUT2D eigenvalue weighted by molar-refractivity contribution is 0.317. The molecule has 0 radical (unpaired) electrons. The smallest absolute Gasteiger partial charge is 0.291 e. The van der Waals surface area contributed by atoms with Gasteiger partial charge in [-0.25, -0.2) is 4.68 Å². The molecule has 6 aromatic rings. The zero-order chi connectivity index (χ0) is 29.4. The van der Waals surface area contributed by atoms with Crippen LogP contribution in [-0.2, 0) is 5.41 Å². The van der Waals surface area contributed by atoms with Gasteiger partial charge >= 0.3 is 0 Å². The van der Waals surface area contributed by atoms with Crippen molar-refractivity contribution in [2.24, 2.45) is 0 Å². The average molecular weight is 576 g/mol. The Labute approximate surface area is 248 Å². The molecule has 6 rings (SSSR count). The molecule has 3 aromatic heterocycles. The number of aromatic nitrogens is 5. The molecule has 0 saturated heterocycles. The van der Waals surface area contributed by atoms with Crippen LogP contribution in [0, 0.1) is 6.92 Å². The summed E-state index contributed by atoms with van der Waals surface area (Å²) in [5.41, 5.74) is 6.57. The molecule has 3 aromatic carbocycles. The summed E-state index contributed by atoms with van der Waals surface area (Å²) in [5, 5.41) is 9.52. The van der Waals surface area contributed by atoms with Gasteiger partial charge in [0, 0.05) is 22.9 Å². The second kappa shape index (κ2) is 11.0. The average Bonchev–Trinajstić information content (AvgIpc) is 3.67. The summed E-state index contributed by atoms with van der Waals surface area (Å²) in [6, 6.07) is 24.2. The molecule has 3 heterocycles. The maximum Gasteiger partial charge on any atom is 0.291 e. The molecule has 0 bridgehead atoms. The van der Waals surface area contributed by atoms with E-state index in [2.05, 4.69) is 51.9 Å². The van der Waals surface area contributed by atoms with Gasteiger partial charge in [-0.1, -0.05) is 81.5 Å². The lowest BCUT2D eigenvalue weighted by Crippen LogP contribution is -2.23. The molecule has 42 heavy (non-hydrogen) atoms. The number of hydrogen-bond acceptors (Lipinski definition) is 6. The van der Waals surface area contributed by atoms with Gasteiger partial charge in [-0.3, -0.25) is 4.79 Å². The maximum absolute atomic E-state index is 13.5. The number of thiazole rings is 1. The van der Waals surface area contributed by atoms with Crippen LogP contribution in [0.4, 0.5) is 0 Å². The molecule has 0 aliphatic rings. The molecule has 0 aliphatic heterocycles. The molecule has 0 saturated carbocycles. The third kappa shape index (κ3) is 5.37. The Hall–Kier alpha value is -4.56. The summed E-state index contributed by atoms with van der Waals surface area (Å²) in [6.07, 6.45) is 4.80. The Kier molecular flexibility index (Phi) is 7.24. The standard InChI is InChI=1S/C34H33N5O2S/c1-6-18-41-27-16-17-28(22(2)19-27)30-24(21-38(36-30)26-10-8-7-9-11-26)20-29-32(40)39-33(42-29)35-31(37-39)23-12-14-25(15-13-23)34(3,4)5/h7-17,19-21H,6,18H2,1-5H3/b29-20-. The van der Waals surface area contributed by atoms with Crippen LogP contribution in [0.2, 0.25) is 0 Å². The van der Waals surface area contributed by atoms with Crippen molar-refractivity contribution in [3.63, 3.8) is 0 Å². The predicted octanol–water partition coefficient (Wildman–Crippen LogP) is 6.61. The molecule has 8 heteroatoms. The Balaban J connectivity index is 1.42. The summed E-state index contributed by atoms with van der Waals surface area (Å²) in [7, 11) is 0. The van der Waals surface area contributed by atoms with Crippen molar-refractivity contribution in [1.82, 2.24) is 24.4 Å². The van der Waals surface area contributed by atoms with Crippen molar-refractivity contribution in [3.8, 4) is 34.1 Å². The van der Waals surface area contributed by atoms with Crippen molar-refractivity contribution in [2.45, 2.75) is 46.5 Å². The van der Waals surface area contributed by atoms with Gasteiger partial charge in [-0.2, -0.15) is 14.6 Å². The summed E-state index contributed by atoms with van der Waals surface area (Å²) in [5.74, 6) is 1.38. The number of ether oxygens (including phenoxy) is 1. The maximum atomic E-state index is 13.5. The molecule has 7 nitrogen and oxygen atoms in total. The number of benzene rings is 3. The summed E-state index contributed by atoms with van der Waals surface area (Å²) in [4.78, 5) is 18.8. The lowest BCUT2D eigenvalue weighted by atomic mass is 9.87. The van der Waals surface area contributed by atoms with E-state index in [1.807, 2.05) is 77.6 Å². The topological polar surface area (TPSA) is 74.3 Å². The van der Waals surface area contributed by atoms with Crippen molar-refractivity contribution < 1.29 is 4.74 Å². The van der Waals surface area contributed by atoms with Crippen molar-refractivity contribution in [3.05, 3.63) is 111 Å². The zero-order valence-corrected chi connectivity index (χ0v) is 25.3. The molecular weight excluding hydrogens is 542 g/mol. The fourth-order valence-electron chi connectivity index (χ4n) is 4.84. The third-order valence-corrected chi connectivity index (χ3v) is 8.13. The minimum Gasteiger partial charge on any atom is -0.494 e. The van der Waals surface area contributed by atoms with Crippen LogP contribution in [0.3, 0.4) is 0 Å². The molecule has 0 fully saturated rings. The first-order valence-corrected chi connectivity index (χ1v) is 14.9. The highest BCUT2D eigenvalue weighted by molar-refractivity contribution is 7.15. The van der Waals surface area contributed by atoms with Gasteiger partial charge in [0.05, 0.1) is 16.8 Å². The molecular formula is C34H33N5O2S. The SMILES string of the molecule is CCCOc1ccc(-c2nn(-c3ccccc3)cc2/C=c2\sc3nc(-c4ccc(C(C)(C)C)cc4)nn3c2=O)c(C)c1. The highest BCUT2D eigenvalue weighted by Gasteiger charge is 2.18. The van der Waals surface area contributed by atoms with Crippen LogP contribution in [0.25, 0.3) is 39.4 Å². The van der Waals surface area contributed by atoms with E-state index in [0.29, 0.717) is 21.9 Å². The van der Waals surface area contributed by atoms with Crippen LogP contribution in [0.15, 0.2) is 83.8 Å². The van der Waals surface area contributed by atoms with E-state index < -0.39 is 0 Å². The molecule has 0 spiro atoms.